The molecule has 0 unspecified atom stereocenters. The monoisotopic (exact) mass is 641 g/mol. The predicted molar refractivity (Wildman–Crippen MR) is 182 cm³/mol. The van der Waals surface area contributed by atoms with E-state index in [0.29, 0.717) is 33.0 Å². The Morgan fingerprint density at radius 1 is 0.600 bits per heavy atom. The highest BCUT2D eigenvalue weighted by Crippen LogP contribution is 2.38. The largest absolute Gasteiger partial charge is 0.374 e. The first-order chi connectivity index (χ1) is 22.3. The number of hydrogen-bond acceptors (Lipinski definition) is 8. The lowest BCUT2D eigenvalue weighted by atomic mass is 9.98. The molecule has 0 aromatic heterocycles. The summed E-state index contributed by atoms with van der Waals surface area (Å²) in [4.78, 5) is 4.73. The summed E-state index contributed by atoms with van der Waals surface area (Å²) in [6.07, 6.45) is -1.69. The summed E-state index contributed by atoms with van der Waals surface area (Å²) in [7, 11) is 0. The highest BCUT2D eigenvalue weighted by molar-refractivity contribution is 8.39. The van der Waals surface area contributed by atoms with Crippen molar-refractivity contribution in [1.29, 1.82) is 0 Å². The van der Waals surface area contributed by atoms with Gasteiger partial charge in [-0.1, -0.05) is 145 Å². The van der Waals surface area contributed by atoms with E-state index in [-0.39, 0.29) is 11.5 Å². The van der Waals surface area contributed by atoms with Crippen molar-refractivity contribution < 1.29 is 23.7 Å². The van der Waals surface area contributed by atoms with E-state index < -0.39 is 18.3 Å². The molecule has 2 aliphatic heterocycles. The van der Waals surface area contributed by atoms with Crippen LogP contribution in [0.4, 0.5) is 0 Å². The van der Waals surface area contributed by atoms with Gasteiger partial charge in [-0.25, -0.2) is 0 Å². The van der Waals surface area contributed by atoms with Gasteiger partial charge in [0.2, 0.25) is 0 Å². The standard InChI is InChI=1S/C37H39NO5S2/c1-5-13-28(14-6-1)23-39-27-32-33(40-24-29-15-7-2-8-16-29)34(41-25-30-17-9-3-10-18-30)35(42-26-31-19-11-4-12-20-31)36(43-32)45-37-38-21-22-44-37/h1-20,32-36H,21-27H2/t32-,33+,34+,35-,36+/m1/s1. The first-order valence-electron chi connectivity index (χ1n) is 15.4. The Bertz CT molecular complexity index is 1450. The summed E-state index contributed by atoms with van der Waals surface area (Å²) in [5, 5.41) is 0. The van der Waals surface area contributed by atoms with E-state index in [2.05, 4.69) is 48.5 Å². The van der Waals surface area contributed by atoms with Crippen LogP contribution in [0.5, 0.6) is 0 Å². The van der Waals surface area contributed by atoms with Crippen LogP contribution in [0.3, 0.4) is 0 Å². The maximum atomic E-state index is 6.88. The second-order valence-electron chi connectivity index (χ2n) is 10.9. The molecule has 234 valence electrons. The summed E-state index contributed by atoms with van der Waals surface area (Å²) < 4.78 is 34.5. The fourth-order valence-corrected chi connectivity index (χ4v) is 7.60. The Labute approximate surface area is 274 Å². The Hall–Kier alpha value is -2.95. The SMILES string of the molecule is c1ccc(COC[C@H]2O[C@@H](SC3=NCCS3)[C@H](OCc3ccccc3)[C@@H](OCc3ccccc3)[C@H]2OCc2ccccc2)cc1. The number of ether oxygens (including phenoxy) is 5. The third-order valence-electron chi connectivity index (χ3n) is 7.62. The van der Waals surface area contributed by atoms with E-state index in [0.717, 1.165) is 38.9 Å². The van der Waals surface area contributed by atoms with E-state index in [4.69, 9.17) is 28.7 Å². The third kappa shape index (κ3) is 9.53. The molecule has 0 saturated carbocycles. The summed E-state index contributed by atoms with van der Waals surface area (Å²) in [6.45, 7) is 2.91. The van der Waals surface area contributed by atoms with Crippen molar-refractivity contribution in [1.82, 2.24) is 0 Å². The number of rotatable bonds is 14. The van der Waals surface area contributed by atoms with Gasteiger partial charge in [-0.15, -0.1) is 0 Å². The van der Waals surface area contributed by atoms with Gasteiger partial charge in [0.05, 0.1) is 39.6 Å². The summed E-state index contributed by atoms with van der Waals surface area (Å²) in [6, 6.07) is 40.9. The second-order valence-corrected chi connectivity index (χ2v) is 13.4. The van der Waals surface area contributed by atoms with E-state index >= 15 is 0 Å². The van der Waals surface area contributed by atoms with Crippen molar-refractivity contribution in [2.45, 2.75) is 56.3 Å². The van der Waals surface area contributed by atoms with Crippen LogP contribution >= 0.6 is 23.5 Å². The summed E-state index contributed by atoms with van der Waals surface area (Å²) in [5.41, 5.74) is 4.01. The van der Waals surface area contributed by atoms with Crippen LogP contribution < -0.4 is 0 Å². The van der Waals surface area contributed by atoms with Crippen LogP contribution in [0, 0.1) is 0 Å². The Kier molecular flexibility index (Phi) is 12.2. The van der Waals surface area contributed by atoms with E-state index in [1.165, 1.54) is 0 Å². The molecule has 0 amide bonds. The minimum absolute atomic E-state index is 0.349. The molecule has 45 heavy (non-hydrogen) atoms. The van der Waals surface area contributed by atoms with Gasteiger partial charge in [0.1, 0.15) is 34.2 Å². The first kappa shape index (κ1) is 32.0. The second kappa shape index (κ2) is 17.1. The average molecular weight is 642 g/mol. The molecule has 0 bridgehead atoms. The minimum Gasteiger partial charge on any atom is -0.374 e. The fraction of sp³-hybridized carbons (Fsp3) is 0.324. The van der Waals surface area contributed by atoms with Crippen LogP contribution in [0.15, 0.2) is 126 Å². The molecule has 1 fully saturated rings. The molecule has 6 nitrogen and oxygen atoms in total. The smallest absolute Gasteiger partial charge is 0.139 e. The van der Waals surface area contributed by atoms with Crippen LogP contribution in [0.1, 0.15) is 22.3 Å². The van der Waals surface area contributed by atoms with Gasteiger partial charge in [-0.2, -0.15) is 0 Å². The van der Waals surface area contributed by atoms with E-state index in [1.54, 1.807) is 23.5 Å². The quantitative estimate of drug-likeness (QED) is 0.141. The van der Waals surface area contributed by atoms with Gasteiger partial charge in [-0.05, 0) is 22.3 Å². The predicted octanol–water partition coefficient (Wildman–Crippen LogP) is 7.52. The Morgan fingerprint density at radius 3 is 1.56 bits per heavy atom. The van der Waals surface area contributed by atoms with Gasteiger partial charge in [0, 0.05) is 5.75 Å². The van der Waals surface area contributed by atoms with Gasteiger partial charge >= 0.3 is 0 Å². The normalized spacial score (nSPS) is 23.1. The minimum atomic E-state index is -0.444. The van der Waals surface area contributed by atoms with Crippen LogP contribution in [-0.2, 0) is 50.1 Å². The van der Waals surface area contributed by atoms with Crippen molar-refractivity contribution in [2.24, 2.45) is 4.99 Å². The lowest BCUT2D eigenvalue weighted by Crippen LogP contribution is -2.60. The Morgan fingerprint density at radius 2 is 1.07 bits per heavy atom. The number of hydrogen-bond donors (Lipinski definition) is 0. The lowest BCUT2D eigenvalue weighted by molar-refractivity contribution is -0.254. The molecule has 0 spiro atoms. The van der Waals surface area contributed by atoms with Gasteiger partial charge in [-0.3, -0.25) is 4.99 Å². The molecule has 2 heterocycles. The first-order valence-corrected chi connectivity index (χ1v) is 17.3. The lowest BCUT2D eigenvalue weighted by Gasteiger charge is -2.46. The van der Waals surface area contributed by atoms with Crippen molar-refractivity contribution in [2.75, 3.05) is 18.9 Å². The zero-order chi connectivity index (χ0) is 30.5. The molecular weight excluding hydrogens is 603 g/mol. The average Bonchev–Trinajstić information content (AvgIpc) is 3.61. The topological polar surface area (TPSA) is 58.5 Å². The highest BCUT2D eigenvalue weighted by Gasteiger charge is 2.49. The summed E-state index contributed by atoms with van der Waals surface area (Å²) >= 11 is 3.38. The Balaban J connectivity index is 1.29. The van der Waals surface area contributed by atoms with Gasteiger partial charge in [0.25, 0.3) is 0 Å². The maximum Gasteiger partial charge on any atom is 0.139 e. The fourth-order valence-electron chi connectivity index (χ4n) is 5.33. The van der Waals surface area contributed by atoms with Crippen LogP contribution in [0.25, 0.3) is 0 Å². The van der Waals surface area contributed by atoms with Crippen LogP contribution in [0.2, 0.25) is 0 Å². The maximum absolute atomic E-state index is 6.88. The van der Waals surface area contributed by atoms with Crippen molar-refractivity contribution in [3.8, 4) is 0 Å². The molecule has 4 aromatic rings. The van der Waals surface area contributed by atoms with Crippen molar-refractivity contribution in [3.63, 3.8) is 0 Å². The van der Waals surface area contributed by atoms with E-state index in [1.807, 2.05) is 72.8 Å². The highest BCUT2D eigenvalue weighted by atomic mass is 32.2. The zero-order valence-electron chi connectivity index (χ0n) is 25.2. The van der Waals surface area contributed by atoms with Crippen molar-refractivity contribution >= 4 is 27.9 Å². The number of benzene rings is 4. The van der Waals surface area contributed by atoms with Gasteiger partial charge < -0.3 is 23.7 Å². The molecule has 0 aliphatic carbocycles. The van der Waals surface area contributed by atoms with E-state index in [9.17, 15) is 0 Å². The molecular formula is C37H39NO5S2. The molecule has 0 N–H and O–H groups in total. The molecule has 4 aromatic carbocycles. The number of thioether (sulfide) groups is 2. The third-order valence-corrected chi connectivity index (χ3v) is 9.96. The molecule has 8 heteroatoms. The molecule has 1 saturated heterocycles. The summed E-state index contributed by atoms with van der Waals surface area (Å²) in [5.74, 6) is 0.977. The molecule has 2 aliphatic rings. The molecule has 5 atom stereocenters. The molecule has 6 rings (SSSR count). The van der Waals surface area contributed by atoms with Crippen LogP contribution in [-0.4, -0.2) is 53.1 Å². The number of aliphatic imine (C=N–C) groups is 1. The zero-order valence-corrected chi connectivity index (χ0v) is 26.8. The van der Waals surface area contributed by atoms with Gasteiger partial charge in [0.15, 0.2) is 0 Å². The van der Waals surface area contributed by atoms with Crippen molar-refractivity contribution in [3.05, 3.63) is 144 Å². The molecule has 0 radical (unpaired) electrons. The number of nitrogens with zero attached hydrogens (tertiary/aromatic N) is 1.